The monoisotopic (exact) mass is 317 g/mol. The number of rotatable bonds is 2. The highest BCUT2D eigenvalue weighted by Gasteiger charge is 2.19. The van der Waals surface area contributed by atoms with Crippen LogP contribution in [0.1, 0.15) is 42.0 Å². The fraction of sp³-hybridized carbons (Fsp3) is 0.261. The van der Waals surface area contributed by atoms with Crippen LogP contribution in [0.4, 0.5) is 0 Å². The van der Waals surface area contributed by atoms with Gasteiger partial charge in [-0.2, -0.15) is 0 Å². The van der Waals surface area contributed by atoms with Crippen LogP contribution in [0.15, 0.2) is 54.1 Å². The van der Waals surface area contributed by atoms with Gasteiger partial charge >= 0.3 is 5.78 Å². The van der Waals surface area contributed by atoms with Crippen molar-refractivity contribution in [2.24, 2.45) is 0 Å². The molecule has 0 saturated heterocycles. The third-order valence-corrected chi connectivity index (χ3v) is 4.70. The number of carbonyl (C=O) groups excluding carboxylic acids is 1. The first-order valence-electron chi connectivity index (χ1n) is 8.53. The Morgan fingerprint density at radius 1 is 0.958 bits per heavy atom. The molecule has 0 aromatic rings. The summed E-state index contributed by atoms with van der Waals surface area (Å²) >= 11 is 0. The molecule has 0 radical (unpaired) electrons. The second-order valence-electron chi connectivity index (χ2n) is 6.77. The lowest BCUT2D eigenvalue weighted by molar-refractivity contribution is -0.418. The Kier molecular flexibility index (Phi) is 4.53. The van der Waals surface area contributed by atoms with Crippen LogP contribution in [0.3, 0.4) is 0 Å². The molecule has 0 unspecified atom stereocenters. The van der Waals surface area contributed by atoms with E-state index in [0.717, 1.165) is 11.4 Å². The average molecular weight is 317 g/mol. The van der Waals surface area contributed by atoms with Crippen molar-refractivity contribution in [3.63, 3.8) is 0 Å². The number of hydrogen-bond donors (Lipinski definition) is 0. The van der Waals surface area contributed by atoms with Crippen molar-refractivity contribution in [2.75, 3.05) is 7.11 Å². The van der Waals surface area contributed by atoms with Crippen molar-refractivity contribution in [2.45, 2.75) is 33.6 Å². The smallest absolute Gasteiger partial charge is 0.257 e. The lowest BCUT2D eigenvalue weighted by atomic mass is 9.98. The molecular formula is C23H25O+. The summed E-state index contributed by atoms with van der Waals surface area (Å²) in [7, 11) is 1.72. The summed E-state index contributed by atoms with van der Waals surface area (Å²) in [6, 6.07) is 9.14. The Balaban J connectivity index is 2.19. The Labute approximate surface area is 145 Å². The number of aryl methyl sites for hydroxylation is 2. The molecule has 3 aliphatic rings. The summed E-state index contributed by atoms with van der Waals surface area (Å²) in [4.78, 5) is 0. The number of ketones is 1. The quantitative estimate of drug-likeness (QED) is 0.491. The van der Waals surface area contributed by atoms with Gasteiger partial charge in [-0.05, 0) is 65.3 Å². The van der Waals surface area contributed by atoms with Gasteiger partial charge in [-0.1, -0.05) is 50.3 Å². The third-order valence-electron chi connectivity index (χ3n) is 4.70. The van der Waals surface area contributed by atoms with Gasteiger partial charge in [0.25, 0.3) is 7.11 Å². The molecule has 122 valence electrons. The normalized spacial score (nSPS) is 17.6. The molecular weight excluding hydrogens is 292 g/mol. The summed E-state index contributed by atoms with van der Waals surface area (Å²) < 4.78 is 5.50. The van der Waals surface area contributed by atoms with Crippen LogP contribution in [0.5, 0.6) is 0 Å². The van der Waals surface area contributed by atoms with Gasteiger partial charge in [0.05, 0.1) is 5.57 Å². The fourth-order valence-electron chi connectivity index (χ4n) is 3.31. The minimum absolute atomic E-state index is 0.524. The van der Waals surface area contributed by atoms with Crippen LogP contribution in [-0.2, 0) is 4.42 Å². The molecule has 0 aliphatic heterocycles. The van der Waals surface area contributed by atoms with Crippen LogP contribution < -0.4 is 0 Å². The Morgan fingerprint density at radius 2 is 1.71 bits per heavy atom. The largest absolute Gasteiger partial charge is 0.350 e. The SMILES string of the molecule is C[O+]=C1C=CC=C/C1=C\c1cc(C)c2cc(C(C)C)ccc(C)c1-2. The van der Waals surface area contributed by atoms with Crippen LogP contribution >= 0.6 is 0 Å². The molecule has 0 spiro atoms. The molecule has 1 heteroatoms. The second kappa shape index (κ2) is 6.60. The highest BCUT2D eigenvalue weighted by atomic mass is 16.4. The highest BCUT2D eigenvalue weighted by molar-refractivity contribution is 6.11. The topological polar surface area (TPSA) is 11.3 Å². The van der Waals surface area contributed by atoms with Crippen LogP contribution in [0, 0.1) is 13.8 Å². The van der Waals surface area contributed by atoms with Gasteiger partial charge < -0.3 is 0 Å². The second-order valence-corrected chi connectivity index (χ2v) is 6.77. The number of allylic oxidation sites excluding steroid dienone is 5. The molecule has 0 bridgehead atoms. The molecule has 0 saturated carbocycles. The minimum Gasteiger partial charge on any atom is -0.257 e. The maximum absolute atomic E-state index is 5.50. The van der Waals surface area contributed by atoms with Gasteiger partial charge in [-0.25, -0.2) is 0 Å². The number of hydrogen-bond acceptors (Lipinski definition) is 0. The molecule has 1 nitrogen and oxygen atoms in total. The van der Waals surface area contributed by atoms with E-state index in [4.69, 9.17) is 4.42 Å². The molecule has 0 aromatic carbocycles. The molecule has 0 aromatic heterocycles. The van der Waals surface area contributed by atoms with E-state index < -0.39 is 0 Å². The van der Waals surface area contributed by atoms with Crippen LogP contribution in [-0.4, -0.2) is 12.9 Å². The van der Waals surface area contributed by atoms with E-state index >= 15 is 0 Å². The Morgan fingerprint density at radius 3 is 2.42 bits per heavy atom. The van der Waals surface area contributed by atoms with E-state index in [1.54, 1.807) is 7.11 Å². The van der Waals surface area contributed by atoms with Crippen LogP contribution in [0.25, 0.3) is 17.2 Å². The summed E-state index contributed by atoms with van der Waals surface area (Å²) in [6.45, 7) is 8.89. The molecule has 0 amide bonds. The summed E-state index contributed by atoms with van der Waals surface area (Å²) in [5, 5.41) is 0. The number of fused-ring (bicyclic) bond motifs is 1. The fourth-order valence-corrected chi connectivity index (χ4v) is 3.31. The molecule has 0 N–H and O–H groups in total. The van der Waals surface area contributed by atoms with Gasteiger partial charge in [0, 0.05) is 6.08 Å². The zero-order valence-corrected chi connectivity index (χ0v) is 15.2. The average Bonchev–Trinajstić information content (AvgIpc) is 2.75. The maximum Gasteiger partial charge on any atom is 0.350 e. The van der Waals surface area contributed by atoms with Crippen molar-refractivity contribution in [1.82, 2.24) is 0 Å². The maximum atomic E-state index is 5.50. The predicted octanol–water partition coefficient (Wildman–Crippen LogP) is 5.78. The van der Waals surface area contributed by atoms with Gasteiger partial charge in [-0.15, -0.1) is 0 Å². The van der Waals surface area contributed by atoms with Crippen molar-refractivity contribution >= 4 is 11.9 Å². The van der Waals surface area contributed by atoms with Crippen molar-refractivity contribution in [3.05, 3.63) is 76.4 Å². The van der Waals surface area contributed by atoms with Crippen LogP contribution in [0.2, 0.25) is 0 Å². The third kappa shape index (κ3) is 2.99. The zero-order chi connectivity index (χ0) is 17.3. The standard InChI is InChI=1S/C23H25O/c1-15(2)18-11-10-16(3)23-20(12-17(4)21(23)14-18)13-19-8-6-7-9-22(19)24-5/h6-15H,1-5H3/q+1/b19-13+. The Hall–Kier alpha value is -2.41. The van der Waals surface area contributed by atoms with E-state index in [9.17, 15) is 0 Å². The van der Waals surface area contributed by atoms with Gasteiger partial charge in [-0.3, -0.25) is 4.42 Å². The van der Waals surface area contributed by atoms with Crippen molar-refractivity contribution < 1.29 is 4.42 Å². The van der Waals surface area contributed by atoms with E-state index in [1.165, 1.54) is 33.4 Å². The van der Waals surface area contributed by atoms with Crippen molar-refractivity contribution in [3.8, 4) is 11.1 Å². The first kappa shape index (κ1) is 16.4. The lowest BCUT2D eigenvalue weighted by Gasteiger charge is -2.05. The van der Waals surface area contributed by atoms with E-state index in [2.05, 4.69) is 70.2 Å². The summed E-state index contributed by atoms with van der Waals surface area (Å²) in [6.07, 6.45) is 10.4. The molecule has 0 heterocycles. The highest BCUT2D eigenvalue weighted by Crippen LogP contribution is 2.37. The molecule has 0 atom stereocenters. The van der Waals surface area contributed by atoms with Gasteiger partial charge in [0.2, 0.25) is 0 Å². The molecule has 3 aliphatic carbocycles. The molecule has 3 rings (SSSR count). The van der Waals surface area contributed by atoms with Gasteiger partial charge in [0.15, 0.2) is 0 Å². The van der Waals surface area contributed by atoms with E-state index in [-0.39, 0.29) is 0 Å². The molecule has 24 heavy (non-hydrogen) atoms. The molecule has 0 fully saturated rings. The van der Waals surface area contributed by atoms with Gasteiger partial charge in [0.1, 0.15) is 0 Å². The summed E-state index contributed by atoms with van der Waals surface area (Å²) in [5.74, 6) is 1.43. The predicted molar refractivity (Wildman–Crippen MR) is 104 cm³/mol. The van der Waals surface area contributed by atoms with Crippen molar-refractivity contribution in [1.29, 1.82) is 0 Å². The minimum atomic E-state index is 0.524. The first-order chi connectivity index (χ1) is 11.5. The first-order valence-corrected chi connectivity index (χ1v) is 8.53. The lowest BCUT2D eigenvalue weighted by Crippen LogP contribution is -2.02. The Bertz CT molecular complexity index is 860. The van der Waals surface area contributed by atoms with E-state index in [0.29, 0.717) is 5.92 Å². The zero-order valence-electron chi connectivity index (χ0n) is 15.2. The van der Waals surface area contributed by atoms with E-state index in [1.807, 2.05) is 12.2 Å². The summed E-state index contributed by atoms with van der Waals surface area (Å²) in [5.41, 5.74) is 9.08.